The van der Waals surface area contributed by atoms with Crippen LogP contribution >= 0.6 is 0 Å². The van der Waals surface area contributed by atoms with Crippen LogP contribution in [0, 0.1) is 0 Å². The standard InChI is InChI=1S/C15H19N3O/c1-2-17-7-3-4-13(9-17)14-10-18-8-12(11-19)5-6-15(18)16-14/h5-6,8,10-11,13H,2-4,7,9H2,1H3. The van der Waals surface area contributed by atoms with Gasteiger partial charge in [0.25, 0.3) is 0 Å². The van der Waals surface area contributed by atoms with Gasteiger partial charge in [0, 0.05) is 30.4 Å². The third-order valence-electron chi connectivity index (χ3n) is 4.00. The molecule has 3 rings (SSSR count). The van der Waals surface area contributed by atoms with E-state index in [1.165, 1.54) is 19.4 Å². The first-order valence-electron chi connectivity index (χ1n) is 6.96. The lowest BCUT2D eigenvalue weighted by Gasteiger charge is -2.30. The van der Waals surface area contributed by atoms with Crippen molar-refractivity contribution in [3.05, 3.63) is 35.8 Å². The van der Waals surface area contributed by atoms with Crippen molar-refractivity contribution in [2.45, 2.75) is 25.7 Å². The fourth-order valence-corrected chi connectivity index (χ4v) is 2.88. The first-order chi connectivity index (χ1) is 9.30. The molecule has 0 amide bonds. The van der Waals surface area contributed by atoms with Crippen LogP contribution in [0.15, 0.2) is 24.5 Å². The summed E-state index contributed by atoms with van der Waals surface area (Å²) < 4.78 is 1.96. The molecule has 2 aromatic rings. The minimum Gasteiger partial charge on any atom is -0.306 e. The molecule has 0 radical (unpaired) electrons. The molecule has 1 aliphatic rings. The van der Waals surface area contributed by atoms with E-state index in [4.69, 9.17) is 4.98 Å². The van der Waals surface area contributed by atoms with E-state index in [0.717, 1.165) is 30.7 Å². The fraction of sp³-hybridized carbons (Fsp3) is 0.467. The summed E-state index contributed by atoms with van der Waals surface area (Å²) >= 11 is 0. The molecule has 19 heavy (non-hydrogen) atoms. The van der Waals surface area contributed by atoms with E-state index in [2.05, 4.69) is 18.0 Å². The molecule has 0 N–H and O–H groups in total. The zero-order valence-electron chi connectivity index (χ0n) is 11.2. The first-order valence-corrected chi connectivity index (χ1v) is 6.96. The van der Waals surface area contributed by atoms with Crippen molar-refractivity contribution in [3.63, 3.8) is 0 Å². The molecule has 1 saturated heterocycles. The average Bonchev–Trinajstić information content (AvgIpc) is 2.90. The predicted molar refractivity (Wildman–Crippen MR) is 74.7 cm³/mol. The maximum Gasteiger partial charge on any atom is 0.151 e. The molecule has 100 valence electrons. The monoisotopic (exact) mass is 257 g/mol. The Balaban J connectivity index is 1.90. The maximum absolute atomic E-state index is 10.8. The Kier molecular flexibility index (Phi) is 3.34. The number of piperidine rings is 1. The Labute approximate surface area is 113 Å². The van der Waals surface area contributed by atoms with Crippen LogP contribution in [0.5, 0.6) is 0 Å². The lowest BCUT2D eigenvalue weighted by molar-refractivity contribution is 0.112. The number of likely N-dealkylation sites (tertiary alicyclic amines) is 1. The molecule has 4 nitrogen and oxygen atoms in total. The molecule has 0 aromatic carbocycles. The molecular formula is C15H19N3O. The highest BCUT2D eigenvalue weighted by atomic mass is 16.1. The second-order valence-electron chi connectivity index (χ2n) is 5.24. The number of aromatic nitrogens is 2. The summed E-state index contributed by atoms with van der Waals surface area (Å²) in [6.45, 7) is 5.62. The van der Waals surface area contributed by atoms with Gasteiger partial charge in [-0.3, -0.25) is 4.79 Å². The van der Waals surface area contributed by atoms with Crippen molar-refractivity contribution in [1.29, 1.82) is 0 Å². The number of hydrogen-bond donors (Lipinski definition) is 0. The van der Waals surface area contributed by atoms with Gasteiger partial charge < -0.3 is 9.30 Å². The summed E-state index contributed by atoms with van der Waals surface area (Å²) in [4.78, 5) is 18.0. The highest BCUT2D eigenvalue weighted by molar-refractivity contribution is 5.74. The van der Waals surface area contributed by atoms with Gasteiger partial charge in [0.05, 0.1) is 5.69 Å². The minimum atomic E-state index is 0.522. The van der Waals surface area contributed by atoms with E-state index in [0.29, 0.717) is 11.5 Å². The molecule has 0 aliphatic carbocycles. The summed E-state index contributed by atoms with van der Waals surface area (Å²) in [5.74, 6) is 0.522. The topological polar surface area (TPSA) is 37.6 Å². The summed E-state index contributed by atoms with van der Waals surface area (Å²) in [5, 5.41) is 0. The first kappa shape index (κ1) is 12.4. The fourth-order valence-electron chi connectivity index (χ4n) is 2.88. The van der Waals surface area contributed by atoms with Crippen LogP contribution in [0.3, 0.4) is 0 Å². The number of aldehydes is 1. The van der Waals surface area contributed by atoms with Crippen molar-refractivity contribution >= 4 is 11.9 Å². The zero-order valence-corrected chi connectivity index (χ0v) is 11.2. The Morgan fingerprint density at radius 2 is 2.32 bits per heavy atom. The van der Waals surface area contributed by atoms with Crippen molar-refractivity contribution in [2.24, 2.45) is 0 Å². The van der Waals surface area contributed by atoms with E-state index >= 15 is 0 Å². The SMILES string of the molecule is CCN1CCCC(c2cn3cc(C=O)ccc3n2)C1. The quantitative estimate of drug-likeness (QED) is 0.792. The molecule has 3 heterocycles. The van der Waals surface area contributed by atoms with Gasteiger partial charge in [-0.15, -0.1) is 0 Å². The molecule has 1 fully saturated rings. The average molecular weight is 257 g/mol. The molecule has 0 spiro atoms. The van der Waals surface area contributed by atoms with Gasteiger partial charge in [-0.05, 0) is 38.1 Å². The molecule has 1 atom stereocenters. The minimum absolute atomic E-state index is 0.522. The van der Waals surface area contributed by atoms with Gasteiger partial charge in [-0.25, -0.2) is 4.98 Å². The largest absolute Gasteiger partial charge is 0.306 e. The van der Waals surface area contributed by atoms with Crippen molar-refractivity contribution in [3.8, 4) is 0 Å². The van der Waals surface area contributed by atoms with Crippen molar-refractivity contribution in [2.75, 3.05) is 19.6 Å². The lowest BCUT2D eigenvalue weighted by Crippen LogP contribution is -2.34. The number of carbonyl (C=O) groups excluding carboxylic acids is 1. The molecule has 0 saturated carbocycles. The second-order valence-corrected chi connectivity index (χ2v) is 5.24. The van der Waals surface area contributed by atoms with Crippen LogP contribution in [0.2, 0.25) is 0 Å². The van der Waals surface area contributed by atoms with Crippen LogP contribution in [0.1, 0.15) is 41.7 Å². The summed E-state index contributed by atoms with van der Waals surface area (Å²) in [7, 11) is 0. The smallest absolute Gasteiger partial charge is 0.151 e. The lowest BCUT2D eigenvalue weighted by atomic mass is 9.95. The van der Waals surface area contributed by atoms with Crippen LogP contribution < -0.4 is 0 Å². The highest BCUT2D eigenvalue weighted by Crippen LogP contribution is 2.26. The van der Waals surface area contributed by atoms with Crippen LogP contribution in [-0.2, 0) is 0 Å². The van der Waals surface area contributed by atoms with Gasteiger partial charge in [-0.2, -0.15) is 0 Å². The number of imidazole rings is 1. The molecule has 1 aliphatic heterocycles. The van der Waals surface area contributed by atoms with Gasteiger partial charge in [0.2, 0.25) is 0 Å². The summed E-state index contributed by atoms with van der Waals surface area (Å²) in [6, 6.07) is 3.73. The summed E-state index contributed by atoms with van der Waals surface area (Å²) in [5.41, 5.74) is 2.77. The van der Waals surface area contributed by atoms with E-state index in [9.17, 15) is 4.79 Å². The zero-order chi connectivity index (χ0) is 13.2. The number of carbonyl (C=O) groups is 1. The van der Waals surface area contributed by atoms with E-state index in [1.54, 1.807) is 0 Å². The molecule has 2 aromatic heterocycles. The van der Waals surface area contributed by atoms with E-state index in [1.807, 2.05) is 22.7 Å². The van der Waals surface area contributed by atoms with Gasteiger partial charge in [0.15, 0.2) is 6.29 Å². The number of nitrogens with zero attached hydrogens (tertiary/aromatic N) is 3. The number of hydrogen-bond acceptors (Lipinski definition) is 3. The molecule has 0 bridgehead atoms. The highest BCUT2D eigenvalue weighted by Gasteiger charge is 2.22. The summed E-state index contributed by atoms with van der Waals surface area (Å²) in [6.07, 6.45) is 7.25. The number of likely N-dealkylation sites (N-methyl/N-ethyl adjacent to an activating group) is 1. The maximum atomic E-state index is 10.8. The Morgan fingerprint density at radius 3 is 3.11 bits per heavy atom. The number of pyridine rings is 1. The third kappa shape index (κ3) is 2.40. The van der Waals surface area contributed by atoms with Gasteiger partial charge >= 0.3 is 0 Å². The van der Waals surface area contributed by atoms with Gasteiger partial charge in [-0.1, -0.05) is 6.92 Å². The van der Waals surface area contributed by atoms with Crippen LogP contribution in [-0.4, -0.2) is 40.2 Å². The van der Waals surface area contributed by atoms with Crippen molar-refractivity contribution in [1.82, 2.24) is 14.3 Å². The second kappa shape index (κ2) is 5.13. The van der Waals surface area contributed by atoms with Crippen molar-refractivity contribution < 1.29 is 4.79 Å². The van der Waals surface area contributed by atoms with E-state index in [-0.39, 0.29) is 0 Å². The predicted octanol–water partition coefficient (Wildman–Crippen LogP) is 2.35. The molecule has 1 unspecified atom stereocenters. The Bertz CT molecular complexity index is 590. The number of rotatable bonds is 3. The Hall–Kier alpha value is -1.68. The molecule has 4 heteroatoms. The normalized spacial score (nSPS) is 20.8. The van der Waals surface area contributed by atoms with Crippen LogP contribution in [0.4, 0.5) is 0 Å². The third-order valence-corrected chi connectivity index (χ3v) is 4.00. The van der Waals surface area contributed by atoms with Gasteiger partial charge in [0.1, 0.15) is 5.65 Å². The van der Waals surface area contributed by atoms with E-state index < -0.39 is 0 Å². The van der Waals surface area contributed by atoms with Crippen LogP contribution in [0.25, 0.3) is 5.65 Å². The molecular weight excluding hydrogens is 238 g/mol. The number of fused-ring (bicyclic) bond motifs is 1. The Morgan fingerprint density at radius 1 is 1.42 bits per heavy atom.